The van der Waals surface area contributed by atoms with Crippen LogP contribution in [-0.4, -0.2) is 28.5 Å². The van der Waals surface area contributed by atoms with E-state index in [1.807, 2.05) is 6.07 Å². The number of aliphatic imine (C=N–C) groups is 3. The van der Waals surface area contributed by atoms with Crippen molar-refractivity contribution in [2.24, 2.45) is 15.0 Å². The highest BCUT2D eigenvalue weighted by molar-refractivity contribution is 9.22. The second-order valence-corrected chi connectivity index (χ2v) is 6.58. The molecule has 0 saturated carbocycles. The fourth-order valence-electron chi connectivity index (χ4n) is 2.27. The lowest BCUT2D eigenvalue weighted by Crippen LogP contribution is -2.30. The SMILES string of the molecule is C=C1/N=C(/Br)SC/N=C\N=C/1N1CCc2ccccc21. The summed E-state index contributed by atoms with van der Waals surface area (Å²) in [4.78, 5) is 15.3. The number of hydrogen-bond donors (Lipinski definition) is 0. The number of anilines is 1. The van der Waals surface area contributed by atoms with Crippen molar-refractivity contribution < 1.29 is 0 Å². The van der Waals surface area contributed by atoms with E-state index in [0.717, 1.165) is 22.8 Å². The van der Waals surface area contributed by atoms with E-state index in [-0.39, 0.29) is 0 Å². The molecule has 0 radical (unpaired) electrons. The molecule has 0 fully saturated rings. The molecule has 0 unspecified atom stereocenters. The fraction of sp³-hybridized carbons (Fsp3) is 0.214. The zero-order valence-corrected chi connectivity index (χ0v) is 13.2. The van der Waals surface area contributed by atoms with E-state index >= 15 is 0 Å². The summed E-state index contributed by atoms with van der Waals surface area (Å²) in [5.74, 6) is 1.36. The summed E-state index contributed by atoms with van der Waals surface area (Å²) in [5.41, 5.74) is 3.16. The molecule has 0 aliphatic carbocycles. The minimum absolute atomic E-state index is 0.602. The first-order valence-electron chi connectivity index (χ1n) is 6.23. The van der Waals surface area contributed by atoms with Gasteiger partial charge in [0.25, 0.3) is 0 Å². The lowest BCUT2D eigenvalue weighted by atomic mass is 10.2. The van der Waals surface area contributed by atoms with Gasteiger partial charge in [0.15, 0.2) is 5.84 Å². The van der Waals surface area contributed by atoms with Gasteiger partial charge in [0, 0.05) is 12.2 Å². The number of halogens is 1. The zero-order valence-electron chi connectivity index (χ0n) is 10.8. The van der Waals surface area contributed by atoms with Crippen molar-refractivity contribution in [3.05, 3.63) is 42.1 Å². The summed E-state index contributed by atoms with van der Waals surface area (Å²) >= 11 is 4.94. The molecule has 0 spiro atoms. The number of thioether (sulfide) groups is 1. The normalized spacial score (nSPS) is 25.6. The Labute approximate surface area is 130 Å². The maximum absolute atomic E-state index is 4.45. The van der Waals surface area contributed by atoms with E-state index < -0.39 is 0 Å². The summed E-state index contributed by atoms with van der Waals surface area (Å²) in [6.45, 7) is 4.94. The van der Waals surface area contributed by atoms with Crippen molar-refractivity contribution in [3.8, 4) is 0 Å². The number of fused-ring (bicyclic) bond motifs is 1. The molecule has 6 heteroatoms. The number of para-hydroxylation sites is 1. The summed E-state index contributed by atoms with van der Waals surface area (Å²) < 4.78 is 0.779. The van der Waals surface area contributed by atoms with Crippen LogP contribution in [-0.2, 0) is 6.42 Å². The van der Waals surface area contributed by atoms with Gasteiger partial charge < -0.3 is 4.90 Å². The topological polar surface area (TPSA) is 40.3 Å². The van der Waals surface area contributed by atoms with Crippen LogP contribution in [0.15, 0.2) is 51.5 Å². The van der Waals surface area contributed by atoms with Crippen molar-refractivity contribution in [3.63, 3.8) is 0 Å². The van der Waals surface area contributed by atoms with Gasteiger partial charge >= 0.3 is 0 Å². The molecule has 3 rings (SSSR count). The largest absolute Gasteiger partial charge is 0.324 e. The molecule has 4 nitrogen and oxygen atoms in total. The Morgan fingerprint density at radius 2 is 2.15 bits per heavy atom. The Morgan fingerprint density at radius 3 is 3.05 bits per heavy atom. The van der Waals surface area contributed by atoms with Crippen LogP contribution in [0.3, 0.4) is 0 Å². The predicted octanol–water partition coefficient (Wildman–Crippen LogP) is 3.44. The van der Waals surface area contributed by atoms with Gasteiger partial charge in [-0.3, -0.25) is 4.99 Å². The van der Waals surface area contributed by atoms with Crippen LogP contribution in [0.1, 0.15) is 5.56 Å². The molecule has 2 heterocycles. The zero-order chi connectivity index (χ0) is 13.9. The maximum atomic E-state index is 4.45. The molecule has 0 saturated heterocycles. The third kappa shape index (κ3) is 2.71. The van der Waals surface area contributed by atoms with Crippen LogP contribution in [0.5, 0.6) is 0 Å². The lowest BCUT2D eigenvalue weighted by Gasteiger charge is -2.20. The van der Waals surface area contributed by atoms with E-state index in [0.29, 0.717) is 11.6 Å². The van der Waals surface area contributed by atoms with E-state index in [1.54, 1.807) is 6.34 Å². The predicted molar refractivity (Wildman–Crippen MR) is 91.4 cm³/mol. The fourth-order valence-corrected chi connectivity index (χ4v) is 3.21. The maximum Gasteiger partial charge on any atom is 0.160 e. The van der Waals surface area contributed by atoms with Gasteiger partial charge in [-0.15, -0.1) is 0 Å². The quantitative estimate of drug-likeness (QED) is 0.720. The number of nitrogens with zero attached hydrogens (tertiary/aromatic N) is 4. The average molecular weight is 349 g/mol. The second-order valence-electron chi connectivity index (χ2n) is 4.37. The smallest absolute Gasteiger partial charge is 0.160 e. The van der Waals surface area contributed by atoms with Crippen molar-refractivity contribution in [2.75, 3.05) is 17.3 Å². The second kappa shape index (κ2) is 5.93. The molecule has 1 aromatic carbocycles. The van der Waals surface area contributed by atoms with Gasteiger partial charge in [0.2, 0.25) is 0 Å². The molecular formula is C14H13BrN4S. The standard InChI is InChI=1S/C14H13BrN4S/c1-10-13(17-8-16-9-20-14(15)18-10)19-7-6-11-4-2-3-5-12(11)19/h2-5,8H,1,6-7,9H2/b16-8-,17-13+,18-14-. The molecule has 0 aromatic heterocycles. The van der Waals surface area contributed by atoms with Gasteiger partial charge in [-0.1, -0.05) is 36.5 Å². The van der Waals surface area contributed by atoms with Crippen molar-refractivity contribution in [1.82, 2.24) is 0 Å². The first-order chi connectivity index (χ1) is 9.75. The van der Waals surface area contributed by atoms with Crippen molar-refractivity contribution >= 4 is 49.5 Å². The van der Waals surface area contributed by atoms with Gasteiger partial charge in [-0.25, -0.2) is 9.98 Å². The molecule has 1 aromatic rings. The summed E-state index contributed by atoms with van der Waals surface area (Å²) in [6.07, 6.45) is 2.61. The van der Waals surface area contributed by atoms with Crippen LogP contribution in [0, 0.1) is 0 Å². The molecule has 0 N–H and O–H groups in total. The van der Waals surface area contributed by atoms with Gasteiger partial charge in [0.05, 0.1) is 5.88 Å². The van der Waals surface area contributed by atoms with Crippen LogP contribution in [0.4, 0.5) is 5.69 Å². The molecule has 0 bridgehead atoms. The molecule has 2 aliphatic rings. The lowest BCUT2D eigenvalue weighted by molar-refractivity contribution is 1.02. The number of hydrogen-bond acceptors (Lipinski definition) is 5. The highest BCUT2D eigenvalue weighted by atomic mass is 79.9. The number of amidine groups is 1. The minimum Gasteiger partial charge on any atom is -0.324 e. The first-order valence-corrected chi connectivity index (χ1v) is 8.01. The summed E-state index contributed by atoms with van der Waals surface area (Å²) in [7, 11) is 0. The summed E-state index contributed by atoms with van der Waals surface area (Å²) in [5, 5.41) is 0. The Bertz CT molecular complexity index is 636. The Morgan fingerprint density at radius 1 is 1.30 bits per heavy atom. The van der Waals surface area contributed by atoms with Crippen LogP contribution in [0.25, 0.3) is 0 Å². The molecule has 102 valence electrons. The number of rotatable bonds is 0. The minimum atomic E-state index is 0.602. The Kier molecular flexibility index (Phi) is 4.03. The van der Waals surface area contributed by atoms with Gasteiger partial charge in [-0.2, -0.15) is 0 Å². The number of benzene rings is 1. The monoisotopic (exact) mass is 348 g/mol. The molecule has 20 heavy (non-hydrogen) atoms. The van der Waals surface area contributed by atoms with E-state index in [1.165, 1.54) is 23.0 Å². The van der Waals surface area contributed by atoms with Crippen molar-refractivity contribution in [1.29, 1.82) is 0 Å². The van der Waals surface area contributed by atoms with Gasteiger partial charge in [-0.05, 0) is 34.0 Å². The third-order valence-electron chi connectivity index (χ3n) is 3.14. The Balaban J connectivity index is 2.00. The van der Waals surface area contributed by atoms with E-state index in [4.69, 9.17) is 0 Å². The highest BCUT2D eigenvalue weighted by Gasteiger charge is 2.24. The molecule has 0 amide bonds. The van der Waals surface area contributed by atoms with E-state index in [2.05, 4.69) is 60.6 Å². The van der Waals surface area contributed by atoms with Crippen molar-refractivity contribution in [2.45, 2.75) is 6.42 Å². The molecule has 2 aliphatic heterocycles. The molecular weight excluding hydrogens is 336 g/mol. The Hall–Kier alpha value is -1.40. The summed E-state index contributed by atoms with van der Waals surface area (Å²) in [6, 6.07) is 8.36. The average Bonchev–Trinajstić information content (AvgIpc) is 2.87. The van der Waals surface area contributed by atoms with Crippen LogP contribution in [0.2, 0.25) is 0 Å². The van der Waals surface area contributed by atoms with Crippen LogP contribution < -0.4 is 4.90 Å². The van der Waals surface area contributed by atoms with E-state index in [9.17, 15) is 0 Å². The molecule has 0 atom stereocenters. The van der Waals surface area contributed by atoms with Gasteiger partial charge in [0.1, 0.15) is 16.0 Å². The van der Waals surface area contributed by atoms with Crippen LogP contribution >= 0.6 is 27.7 Å². The highest BCUT2D eigenvalue weighted by Crippen LogP contribution is 2.29. The third-order valence-corrected chi connectivity index (χ3v) is 4.62. The first kappa shape index (κ1) is 13.6.